The summed E-state index contributed by atoms with van der Waals surface area (Å²) in [5.74, 6) is 1.36. The molecule has 1 aromatic rings. The van der Waals surface area contributed by atoms with E-state index < -0.39 is 0 Å². The first-order chi connectivity index (χ1) is 13.6. The molecule has 1 N–H and O–H groups in total. The molecular formula is C19H33N7O2. The second-order valence-electron chi connectivity index (χ2n) is 7.55. The normalized spacial score (nSPS) is 20.5. The van der Waals surface area contributed by atoms with Crippen LogP contribution in [0.3, 0.4) is 0 Å². The molecule has 0 aromatic carbocycles. The molecule has 1 aromatic heterocycles. The number of rotatable bonds is 6. The highest BCUT2D eigenvalue weighted by molar-refractivity contribution is 5.98. The van der Waals surface area contributed by atoms with Crippen LogP contribution in [0.1, 0.15) is 13.8 Å². The molecule has 0 spiro atoms. The molecule has 3 heterocycles. The van der Waals surface area contributed by atoms with Crippen LogP contribution in [0.5, 0.6) is 0 Å². The number of hydrogen-bond acceptors (Lipinski definition) is 5. The number of nitrogens with zero attached hydrogens (tertiary/aromatic N) is 6. The number of aromatic nitrogens is 2. The van der Waals surface area contributed by atoms with Crippen molar-refractivity contribution in [1.29, 1.82) is 0 Å². The van der Waals surface area contributed by atoms with Gasteiger partial charge in [0.1, 0.15) is 6.54 Å². The van der Waals surface area contributed by atoms with E-state index in [1.165, 1.54) is 0 Å². The van der Waals surface area contributed by atoms with Gasteiger partial charge in [-0.3, -0.25) is 19.4 Å². The summed E-state index contributed by atoms with van der Waals surface area (Å²) in [5, 5.41) is 7.51. The topological polar surface area (TPSA) is 78.2 Å². The minimum absolute atomic E-state index is 0.0752. The first kappa shape index (κ1) is 20.6. The maximum Gasteiger partial charge on any atom is 0.246 e. The largest absolute Gasteiger partial charge is 0.379 e. The number of amides is 1. The molecule has 0 aliphatic carbocycles. The molecular weight excluding hydrogens is 358 g/mol. The molecule has 156 valence electrons. The lowest BCUT2D eigenvalue weighted by Crippen LogP contribution is -2.55. The summed E-state index contributed by atoms with van der Waals surface area (Å²) >= 11 is 0. The van der Waals surface area contributed by atoms with Crippen LogP contribution < -0.4 is 10.2 Å². The zero-order valence-electron chi connectivity index (χ0n) is 17.3. The highest BCUT2D eigenvalue weighted by Crippen LogP contribution is 2.16. The zero-order chi connectivity index (χ0) is 19.9. The van der Waals surface area contributed by atoms with Crippen molar-refractivity contribution in [3.8, 4) is 0 Å². The number of carbonyl (C=O) groups excluding carboxylic acids is 1. The van der Waals surface area contributed by atoms with E-state index in [1.54, 1.807) is 15.8 Å². The van der Waals surface area contributed by atoms with Crippen LogP contribution in [0.4, 0.5) is 5.69 Å². The second-order valence-corrected chi connectivity index (χ2v) is 7.55. The lowest BCUT2D eigenvalue weighted by molar-refractivity contribution is -0.120. The monoisotopic (exact) mass is 391 g/mol. The molecule has 2 saturated heterocycles. The fourth-order valence-electron chi connectivity index (χ4n) is 3.63. The lowest BCUT2D eigenvalue weighted by atomic mass is 10.1. The van der Waals surface area contributed by atoms with E-state index in [2.05, 4.69) is 34.1 Å². The predicted molar refractivity (Wildman–Crippen MR) is 110 cm³/mol. The van der Waals surface area contributed by atoms with Gasteiger partial charge >= 0.3 is 0 Å². The predicted octanol–water partition coefficient (Wildman–Crippen LogP) is 0.00250. The third-order valence-corrected chi connectivity index (χ3v) is 5.08. The van der Waals surface area contributed by atoms with Gasteiger partial charge in [-0.2, -0.15) is 5.10 Å². The van der Waals surface area contributed by atoms with E-state index in [-0.39, 0.29) is 5.91 Å². The quantitative estimate of drug-likeness (QED) is 0.543. The van der Waals surface area contributed by atoms with Crippen molar-refractivity contribution in [2.75, 3.05) is 70.5 Å². The highest BCUT2D eigenvalue weighted by Gasteiger charge is 2.27. The summed E-state index contributed by atoms with van der Waals surface area (Å²) in [5.41, 5.74) is 0.855. The van der Waals surface area contributed by atoms with Crippen LogP contribution in [-0.4, -0.2) is 97.0 Å². The number of anilines is 1. The third-order valence-electron chi connectivity index (χ3n) is 5.08. The summed E-state index contributed by atoms with van der Waals surface area (Å²) < 4.78 is 7.13. The average molecular weight is 392 g/mol. The number of morpholine rings is 1. The van der Waals surface area contributed by atoms with Crippen molar-refractivity contribution in [3.63, 3.8) is 0 Å². The van der Waals surface area contributed by atoms with Crippen molar-refractivity contribution in [2.45, 2.75) is 13.8 Å². The van der Waals surface area contributed by atoms with E-state index in [0.29, 0.717) is 19.0 Å². The lowest BCUT2D eigenvalue weighted by Gasteiger charge is -2.35. The minimum atomic E-state index is 0.0752. The van der Waals surface area contributed by atoms with Crippen LogP contribution in [0.25, 0.3) is 0 Å². The highest BCUT2D eigenvalue weighted by atomic mass is 16.5. The summed E-state index contributed by atoms with van der Waals surface area (Å²) in [6, 6.07) is 0. The Labute approximate surface area is 167 Å². The summed E-state index contributed by atoms with van der Waals surface area (Å²) in [6.45, 7) is 12.2. The SMILES string of the molecule is CCNC(=NCC(C)CN1CCOCC1)N1CCN(c2cnn(C)c2)C(=O)C1. The van der Waals surface area contributed by atoms with Gasteiger partial charge in [0.25, 0.3) is 0 Å². The Morgan fingerprint density at radius 2 is 2.11 bits per heavy atom. The van der Waals surface area contributed by atoms with Gasteiger partial charge in [-0.1, -0.05) is 6.92 Å². The molecule has 1 unspecified atom stereocenters. The minimum Gasteiger partial charge on any atom is -0.379 e. The van der Waals surface area contributed by atoms with Gasteiger partial charge in [0.15, 0.2) is 5.96 Å². The van der Waals surface area contributed by atoms with Crippen molar-refractivity contribution >= 4 is 17.6 Å². The molecule has 9 heteroatoms. The first-order valence-electron chi connectivity index (χ1n) is 10.2. The average Bonchev–Trinajstić information content (AvgIpc) is 3.12. The smallest absolute Gasteiger partial charge is 0.246 e. The van der Waals surface area contributed by atoms with E-state index in [9.17, 15) is 4.79 Å². The number of piperazine rings is 1. The van der Waals surface area contributed by atoms with Crippen LogP contribution in [0.15, 0.2) is 17.4 Å². The van der Waals surface area contributed by atoms with Crippen LogP contribution in [0, 0.1) is 5.92 Å². The maximum absolute atomic E-state index is 12.7. The van der Waals surface area contributed by atoms with E-state index in [1.807, 2.05) is 13.2 Å². The number of carbonyl (C=O) groups is 1. The van der Waals surface area contributed by atoms with Crippen molar-refractivity contribution in [1.82, 2.24) is 24.9 Å². The fourth-order valence-corrected chi connectivity index (χ4v) is 3.63. The molecule has 2 fully saturated rings. The van der Waals surface area contributed by atoms with Gasteiger partial charge in [0.2, 0.25) is 5.91 Å². The van der Waals surface area contributed by atoms with Gasteiger partial charge < -0.3 is 19.9 Å². The van der Waals surface area contributed by atoms with Gasteiger partial charge in [-0.05, 0) is 12.8 Å². The van der Waals surface area contributed by atoms with E-state index in [0.717, 1.165) is 64.1 Å². The van der Waals surface area contributed by atoms with E-state index in [4.69, 9.17) is 9.73 Å². The van der Waals surface area contributed by atoms with Crippen LogP contribution >= 0.6 is 0 Å². The Hall–Kier alpha value is -2.13. The number of nitrogens with one attached hydrogen (secondary N) is 1. The van der Waals surface area contributed by atoms with Crippen LogP contribution in [0.2, 0.25) is 0 Å². The molecule has 28 heavy (non-hydrogen) atoms. The molecule has 2 aliphatic rings. The maximum atomic E-state index is 12.7. The molecule has 9 nitrogen and oxygen atoms in total. The summed E-state index contributed by atoms with van der Waals surface area (Å²) in [7, 11) is 1.86. The van der Waals surface area contributed by atoms with Gasteiger partial charge in [-0.25, -0.2) is 0 Å². The second kappa shape index (κ2) is 9.88. The van der Waals surface area contributed by atoms with Crippen LogP contribution in [-0.2, 0) is 16.6 Å². The summed E-state index contributed by atoms with van der Waals surface area (Å²) in [4.78, 5) is 23.8. The van der Waals surface area contributed by atoms with Crippen molar-refractivity contribution in [3.05, 3.63) is 12.4 Å². The Morgan fingerprint density at radius 1 is 1.32 bits per heavy atom. The Balaban J connectivity index is 1.55. The zero-order valence-corrected chi connectivity index (χ0v) is 17.3. The van der Waals surface area contributed by atoms with Gasteiger partial charge in [-0.15, -0.1) is 0 Å². The number of ether oxygens (including phenoxy) is 1. The number of aliphatic imine (C=N–C) groups is 1. The van der Waals surface area contributed by atoms with Gasteiger partial charge in [0.05, 0.1) is 25.1 Å². The Kier molecular flexibility index (Phi) is 7.27. The number of hydrogen-bond donors (Lipinski definition) is 1. The molecule has 1 atom stereocenters. The third kappa shape index (κ3) is 5.45. The summed E-state index contributed by atoms with van der Waals surface area (Å²) in [6.07, 6.45) is 3.61. The molecule has 0 bridgehead atoms. The first-order valence-corrected chi connectivity index (χ1v) is 10.2. The van der Waals surface area contributed by atoms with Gasteiger partial charge in [0, 0.05) is 59.1 Å². The Morgan fingerprint density at radius 3 is 2.75 bits per heavy atom. The van der Waals surface area contributed by atoms with Crippen molar-refractivity contribution < 1.29 is 9.53 Å². The fraction of sp³-hybridized carbons (Fsp3) is 0.737. The molecule has 3 rings (SSSR count). The number of guanidine groups is 1. The van der Waals surface area contributed by atoms with Crippen molar-refractivity contribution in [2.24, 2.45) is 18.0 Å². The molecule has 2 aliphatic heterocycles. The molecule has 1 amide bonds. The standard InChI is InChI=1S/C19H33N7O2/c1-4-20-19(21-11-16(2)13-24-7-9-28-10-8-24)25-5-6-26(18(27)15-25)17-12-22-23(3)14-17/h12,14,16H,4-11,13,15H2,1-3H3,(H,20,21). The Bertz CT molecular complexity index is 669. The molecule has 0 radical (unpaired) electrons. The van der Waals surface area contributed by atoms with E-state index >= 15 is 0 Å². The molecule has 0 saturated carbocycles. The number of aryl methyl sites for hydroxylation is 1.